The first-order valence-electron chi connectivity index (χ1n) is 5.90. The molecule has 2 rings (SSSR count). The number of thiophene rings is 1. The fourth-order valence-electron chi connectivity index (χ4n) is 2.03. The fourth-order valence-corrected chi connectivity index (χ4v) is 2.86. The van der Waals surface area contributed by atoms with Gasteiger partial charge < -0.3 is 5.32 Å². The van der Waals surface area contributed by atoms with E-state index in [0.717, 1.165) is 6.42 Å². The molecule has 0 aromatic carbocycles. The molecule has 0 aliphatic carbocycles. The normalized spacial score (nSPS) is 23.8. The van der Waals surface area contributed by atoms with Crippen molar-refractivity contribution < 1.29 is 13.6 Å². The molecular formula is C12H16F2N2OS. The SMILES string of the molecule is CC(Cc1cccs1)NC(=O)C1CC(F)(F)CN1. The summed E-state index contributed by atoms with van der Waals surface area (Å²) in [5, 5.41) is 7.30. The van der Waals surface area contributed by atoms with Crippen LogP contribution >= 0.6 is 11.3 Å². The van der Waals surface area contributed by atoms with E-state index in [1.54, 1.807) is 11.3 Å². The lowest BCUT2D eigenvalue weighted by molar-refractivity contribution is -0.124. The molecule has 6 heteroatoms. The third kappa shape index (κ3) is 3.49. The molecule has 0 spiro atoms. The Morgan fingerprint density at radius 1 is 1.72 bits per heavy atom. The van der Waals surface area contributed by atoms with Crippen LogP contribution in [0.4, 0.5) is 8.78 Å². The number of alkyl halides is 2. The van der Waals surface area contributed by atoms with Crippen molar-refractivity contribution in [3.8, 4) is 0 Å². The number of hydrogen-bond donors (Lipinski definition) is 2. The zero-order valence-electron chi connectivity index (χ0n) is 10.1. The highest BCUT2D eigenvalue weighted by molar-refractivity contribution is 7.09. The van der Waals surface area contributed by atoms with Gasteiger partial charge in [0.1, 0.15) is 0 Å². The fraction of sp³-hybridized carbons (Fsp3) is 0.583. The second kappa shape index (κ2) is 5.32. The summed E-state index contributed by atoms with van der Waals surface area (Å²) < 4.78 is 25.9. The van der Waals surface area contributed by atoms with Gasteiger partial charge in [0.15, 0.2) is 0 Å². The first kappa shape index (κ1) is 13.4. The summed E-state index contributed by atoms with van der Waals surface area (Å²) in [6.07, 6.45) is 0.317. The predicted octanol–water partition coefficient (Wildman–Crippen LogP) is 1.79. The molecule has 1 saturated heterocycles. The van der Waals surface area contributed by atoms with Gasteiger partial charge in [-0.3, -0.25) is 10.1 Å². The molecule has 0 radical (unpaired) electrons. The van der Waals surface area contributed by atoms with Crippen molar-refractivity contribution in [3.05, 3.63) is 22.4 Å². The van der Waals surface area contributed by atoms with Crippen LogP contribution in [0.15, 0.2) is 17.5 Å². The summed E-state index contributed by atoms with van der Waals surface area (Å²) in [5.41, 5.74) is 0. The second-order valence-corrected chi connectivity index (χ2v) is 5.72. The third-order valence-corrected chi connectivity index (χ3v) is 3.80. The summed E-state index contributed by atoms with van der Waals surface area (Å²) in [6.45, 7) is 1.47. The van der Waals surface area contributed by atoms with E-state index in [-0.39, 0.29) is 11.9 Å². The van der Waals surface area contributed by atoms with Crippen LogP contribution < -0.4 is 10.6 Å². The van der Waals surface area contributed by atoms with Gasteiger partial charge in [0, 0.05) is 23.8 Å². The first-order chi connectivity index (χ1) is 8.46. The van der Waals surface area contributed by atoms with Gasteiger partial charge in [-0.25, -0.2) is 8.78 Å². The topological polar surface area (TPSA) is 41.1 Å². The van der Waals surface area contributed by atoms with Crippen LogP contribution in [0.1, 0.15) is 18.2 Å². The molecular weight excluding hydrogens is 258 g/mol. The number of nitrogens with one attached hydrogen (secondary N) is 2. The van der Waals surface area contributed by atoms with E-state index in [1.165, 1.54) is 4.88 Å². The van der Waals surface area contributed by atoms with Gasteiger partial charge in [-0.15, -0.1) is 11.3 Å². The van der Waals surface area contributed by atoms with E-state index >= 15 is 0 Å². The van der Waals surface area contributed by atoms with Gasteiger partial charge in [0.25, 0.3) is 5.92 Å². The van der Waals surface area contributed by atoms with Crippen LogP contribution in [0.3, 0.4) is 0 Å². The maximum atomic E-state index is 13.0. The van der Waals surface area contributed by atoms with E-state index in [1.807, 2.05) is 24.4 Å². The van der Waals surface area contributed by atoms with E-state index in [4.69, 9.17) is 0 Å². The highest BCUT2D eigenvalue weighted by Crippen LogP contribution is 2.25. The van der Waals surface area contributed by atoms with Crippen LogP contribution in [0.5, 0.6) is 0 Å². The number of hydrogen-bond acceptors (Lipinski definition) is 3. The molecule has 2 heterocycles. The lowest BCUT2D eigenvalue weighted by Crippen LogP contribution is -2.44. The van der Waals surface area contributed by atoms with Crippen molar-refractivity contribution in [2.45, 2.75) is 37.8 Å². The summed E-state index contributed by atoms with van der Waals surface area (Å²) in [4.78, 5) is 12.9. The molecule has 2 unspecified atom stereocenters. The Morgan fingerprint density at radius 3 is 3.06 bits per heavy atom. The van der Waals surface area contributed by atoms with Crippen molar-refractivity contribution in [1.82, 2.24) is 10.6 Å². The Morgan fingerprint density at radius 2 is 2.50 bits per heavy atom. The molecule has 0 saturated carbocycles. The maximum Gasteiger partial charge on any atom is 0.262 e. The summed E-state index contributed by atoms with van der Waals surface area (Å²) in [5.74, 6) is -3.10. The van der Waals surface area contributed by atoms with Crippen molar-refractivity contribution in [3.63, 3.8) is 0 Å². The molecule has 1 aliphatic rings. The number of amides is 1. The van der Waals surface area contributed by atoms with Gasteiger partial charge in [-0.05, 0) is 18.4 Å². The monoisotopic (exact) mass is 274 g/mol. The molecule has 2 atom stereocenters. The lowest BCUT2D eigenvalue weighted by atomic mass is 10.1. The zero-order chi connectivity index (χ0) is 13.2. The van der Waals surface area contributed by atoms with Crippen LogP contribution in [0, 0.1) is 0 Å². The Bertz CT molecular complexity index is 408. The molecule has 3 nitrogen and oxygen atoms in total. The average Bonchev–Trinajstić information content (AvgIpc) is 2.87. The van der Waals surface area contributed by atoms with Crippen LogP contribution in [-0.2, 0) is 11.2 Å². The van der Waals surface area contributed by atoms with E-state index < -0.39 is 24.9 Å². The van der Waals surface area contributed by atoms with Gasteiger partial charge in [-0.1, -0.05) is 6.07 Å². The van der Waals surface area contributed by atoms with Crippen LogP contribution in [-0.4, -0.2) is 30.5 Å². The average molecular weight is 274 g/mol. The lowest BCUT2D eigenvalue weighted by Gasteiger charge is -2.16. The third-order valence-electron chi connectivity index (χ3n) is 2.90. The Hall–Kier alpha value is -1.01. The molecule has 0 bridgehead atoms. The first-order valence-corrected chi connectivity index (χ1v) is 6.78. The minimum atomic E-state index is -2.76. The maximum absolute atomic E-state index is 13.0. The van der Waals surface area contributed by atoms with Gasteiger partial charge >= 0.3 is 0 Å². The molecule has 18 heavy (non-hydrogen) atoms. The van der Waals surface area contributed by atoms with Crippen molar-refractivity contribution in [1.29, 1.82) is 0 Å². The minimum Gasteiger partial charge on any atom is -0.352 e. The highest BCUT2D eigenvalue weighted by atomic mass is 32.1. The summed E-state index contributed by atoms with van der Waals surface area (Å²) in [7, 11) is 0. The number of halogens is 2. The molecule has 1 aliphatic heterocycles. The van der Waals surface area contributed by atoms with Crippen molar-refractivity contribution in [2.24, 2.45) is 0 Å². The predicted molar refractivity (Wildman–Crippen MR) is 67.0 cm³/mol. The van der Waals surface area contributed by atoms with E-state index in [9.17, 15) is 13.6 Å². The number of carbonyl (C=O) groups excluding carboxylic acids is 1. The smallest absolute Gasteiger partial charge is 0.262 e. The number of rotatable bonds is 4. The summed E-state index contributed by atoms with van der Waals surface area (Å²) >= 11 is 1.62. The van der Waals surface area contributed by atoms with Gasteiger partial charge in [-0.2, -0.15) is 0 Å². The summed E-state index contributed by atoms with van der Waals surface area (Å²) in [6, 6.07) is 3.13. The molecule has 100 valence electrons. The number of carbonyl (C=O) groups is 1. The second-order valence-electron chi connectivity index (χ2n) is 4.69. The quantitative estimate of drug-likeness (QED) is 0.879. The Balaban J connectivity index is 1.81. The van der Waals surface area contributed by atoms with E-state index in [2.05, 4.69) is 10.6 Å². The molecule has 2 N–H and O–H groups in total. The molecule has 1 aromatic rings. The van der Waals surface area contributed by atoms with Crippen LogP contribution in [0.25, 0.3) is 0 Å². The zero-order valence-corrected chi connectivity index (χ0v) is 10.9. The van der Waals surface area contributed by atoms with E-state index in [0.29, 0.717) is 0 Å². The largest absolute Gasteiger partial charge is 0.352 e. The minimum absolute atomic E-state index is 0.0489. The Kier molecular flexibility index (Phi) is 3.97. The Labute approximate surface area is 109 Å². The van der Waals surface area contributed by atoms with Gasteiger partial charge in [0.05, 0.1) is 12.6 Å². The van der Waals surface area contributed by atoms with Crippen LogP contribution in [0.2, 0.25) is 0 Å². The van der Waals surface area contributed by atoms with Crippen molar-refractivity contribution in [2.75, 3.05) is 6.54 Å². The molecule has 1 amide bonds. The van der Waals surface area contributed by atoms with Crippen molar-refractivity contribution >= 4 is 17.2 Å². The molecule has 1 aromatic heterocycles. The standard InChI is InChI=1S/C12H16F2N2OS/c1-8(5-9-3-2-4-18-9)16-11(17)10-6-12(13,14)7-15-10/h2-4,8,10,15H,5-7H2,1H3,(H,16,17). The molecule has 1 fully saturated rings. The van der Waals surface area contributed by atoms with Gasteiger partial charge in [0.2, 0.25) is 5.91 Å². The highest BCUT2D eigenvalue weighted by Gasteiger charge is 2.42.